The standard InChI is InChI=1S/C7H6BrIN2S/c8-5-3-4(9)1-2-6(5)11-7(10)12/h1-3H,(H3,10,11,12). The first-order valence-electron chi connectivity index (χ1n) is 3.11. The van der Waals surface area contributed by atoms with Gasteiger partial charge in [0.05, 0.1) is 5.69 Å². The van der Waals surface area contributed by atoms with Crippen LogP contribution in [0.4, 0.5) is 5.69 Å². The van der Waals surface area contributed by atoms with Crippen LogP contribution in [0, 0.1) is 3.57 Å². The fourth-order valence-electron chi connectivity index (χ4n) is 0.724. The van der Waals surface area contributed by atoms with Gasteiger partial charge in [-0.05, 0) is 68.9 Å². The normalized spacial score (nSPS) is 9.50. The van der Waals surface area contributed by atoms with Gasteiger partial charge in [-0.3, -0.25) is 0 Å². The Labute approximate surface area is 98.2 Å². The Balaban J connectivity index is 2.93. The molecule has 0 fully saturated rings. The summed E-state index contributed by atoms with van der Waals surface area (Å²) in [5.41, 5.74) is 6.22. The second-order valence-corrected chi connectivity index (χ2v) is 4.65. The first-order valence-corrected chi connectivity index (χ1v) is 5.39. The molecule has 0 atom stereocenters. The molecule has 0 spiro atoms. The molecule has 0 aliphatic heterocycles. The fourth-order valence-corrected chi connectivity index (χ4v) is 2.23. The molecule has 0 heterocycles. The summed E-state index contributed by atoms with van der Waals surface area (Å²) in [5.74, 6) is 0. The van der Waals surface area contributed by atoms with Crippen LogP contribution in [0.15, 0.2) is 22.7 Å². The smallest absolute Gasteiger partial charge is 0.168 e. The molecule has 1 aromatic carbocycles. The minimum Gasteiger partial charge on any atom is -0.376 e. The van der Waals surface area contributed by atoms with Crippen molar-refractivity contribution in [2.75, 3.05) is 5.32 Å². The van der Waals surface area contributed by atoms with Gasteiger partial charge in [-0.25, -0.2) is 0 Å². The molecule has 1 rings (SSSR count). The van der Waals surface area contributed by atoms with E-state index in [1.807, 2.05) is 18.2 Å². The number of thiocarbonyl (C=S) groups is 1. The lowest BCUT2D eigenvalue weighted by molar-refractivity contribution is 1.54. The zero-order chi connectivity index (χ0) is 9.14. The van der Waals surface area contributed by atoms with Gasteiger partial charge >= 0.3 is 0 Å². The molecule has 12 heavy (non-hydrogen) atoms. The summed E-state index contributed by atoms with van der Waals surface area (Å²) in [6, 6.07) is 5.89. The number of nitrogens with two attached hydrogens (primary N) is 1. The molecule has 0 saturated heterocycles. The van der Waals surface area contributed by atoms with Crippen LogP contribution in [0.5, 0.6) is 0 Å². The first kappa shape index (κ1) is 10.2. The predicted octanol–water partition coefficient (Wildman–Crippen LogP) is 2.71. The molecule has 0 aliphatic carbocycles. The minimum absolute atomic E-state index is 0.275. The number of anilines is 1. The van der Waals surface area contributed by atoms with Crippen molar-refractivity contribution in [3.05, 3.63) is 26.2 Å². The maximum absolute atomic E-state index is 5.33. The second kappa shape index (κ2) is 4.38. The average molecular weight is 357 g/mol. The summed E-state index contributed by atoms with van der Waals surface area (Å²) < 4.78 is 2.12. The summed E-state index contributed by atoms with van der Waals surface area (Å²) in [6.07, 6.45) is 0. The monoisotopic (exact) mass is 356 g/mol. The van der Waals surface area contributed by atoms with Crippen molar-refractivity contribution in [2.24, 2.45) is 5.73 Å². The van der Waals surface area contributed by atoms with E-state index < -0.39 is 0 Å². The summed E-state index contributed by atoms with van der Waals surface area (Å²) >= 11 is 10.3. The highest BCUT2D eigenvalue weighted by Crippen LogP contribution is 2.23. The predicted molar refractivity (Wildman–Crippen MR) is 67.3 cm³/mol. The summed E-state index contributed by atoms with van der Waals surface area (Å²) in [5, 5.41) is 3.13. The Bertz CT molecular complexity index is 316. The molecule has 0 radical (unpaired) electrons. The van der Waals surface area contributed by atoms with E-state index in [1.54, 1.807) is 0 Å². The van der Waals surface area contributed by atoms with Crippen molar-refractivity contribution >= 4 is 61.5 Å². The van der Waals surface area contributed by atoms with Crippen LogP contribution in [-0.4, -0.2) is 5.11 Å². The third-order valence-corrected chi connectivity index (χ3v) is 2.62. The Morgan fingerprint density at radius 1 is 1.58 bits per heavy atom. The van der Waals surface area contributed by atoms with Crippen LogP contribution in [0.25, 0.3) is 0 Å². The van der Waals surface area contributed by atoms with Gasteiger partial charge in [0.2, 0.25) is 0 Å². The molecule has 1 aromatic rings. The van der Waals surface area contributed by atoms with Crippen LogP contribution in [-0.2, 0) is 0 Å². The molecule has 0 bridgehead atoms. The number of halogens is 2. The number of hydrogen-bond acceptors (Lipinski definition) is 1. The highest BCUT2D eigenvalue weighted by molar-refractivity contribution is 14.1. The summed E-state index contributed by atoms with van der Waals surface area (Å²) in [4.78, 5) is 0. The maximum Gasteiger partial charge on any atom is 0.168 e. The lowest BCUT2D eigenvalue weighted by Crippen LogP contribution is -2.19. The molecule has 0 unspecified atom stereocenters. The van der Waals surface area contributed by atoms with Gasteiger partial charge < -0.3 is 11.1 Å². The van der Waals surface area contributed by atoms with E-state index in [-0.39, 0.29) is 5.11 Å². The highest BCUT2D eigenvalue weighted by atomic mass is 127. The molecule has 0 aliphatic rings. The van der Waals surface area contributed by atoms with E-state index in [9.17, 15) is 0 Å². The Morgan fingerprint density at radius 2 is 2.25 bits per heavy atom. The minimum atomic E-state index is 0.275. The van der Waals surface area contributed by atoms with Crippen LogP contribution in [0.3, 0.4) is 0 Å². The van der Waals surface area contributed by atoms with Gasteiger partial charge in [-0.1, -0.05) is 0 Å². The second-order valence-electron chi connectivity index (χ2n) is 2.11. The van der Waals surface area contributed by atoms with Crippen molar-refractivity contribution in [2.45, 2.75) is 0 Å². The largest absolute Gasteiger partial charge is 0.376 e. The third-order valence-electron chi connectivity index (χ3n) is 1.19. The zero-order valence-electron chi connectivity index (χ0n) is 5.97. The lowest BCUT2D eigenvalue weighted by Gasteiger charge is -2.05. The molecular formula is C7H6BrIN2S. The van der Waals surface area contributed by atoms with Gasteiger partial charge in [0, 0.05) is 8.04 Å². The molecule has 0 amide bonds. The van der Waals surface area contributed by atoms with Gasteiger partial charge in [-0.15, -0.1) is 0 Å². The van der Waals surface area contributed by atoms with Crippen LogP contribution in [0.1, 0.15) is 0 Å². The summed E-state index contributed by atoms with van der Waals surface area (Å²) in [7, 11) is 0. The van der Waals surface area contributed by atoms with Crippen LogP contribution < -0.4 is 11.1 Å². The number of hydrogen-bond donors (Lipinski definition) is 2. The quantitative estimate of drug-likeness (QED) is 0.600. The topological polar surface area (TPSA) is 38.0 Å². The van der Waals surface area contributed by atoms with Crippen LogP contribution in [0.2, 0.25) is 0 Å². The highest BCUT2D eigenvalue weighted by Gasteiger charge is 1.99. The van der Waals surface area contributed by atoms with Crippen molar-refractivity contribution in [1.82, 2.24) is 0 Å². The molecular weight excluding hydrogens is 351 g/mol. The first-order chi connectivity index (χ1) is 5.59. The van der Waals surface area contributed by atoms with Gasteiger partial charge in [0.25, 0.3) is 0 Å². The number of benzene rings is 1. The van der Waals surface area contributed by atoms with Crippen molar-refractivity contribution in [3.63, 3.8) is 0 Å². The SMILES string of the molecule is NC(=S)Nc1ccc(I)cc1Br. The van der Waals surface area contributed by atoms with E-state index in [1.165, 1.54) is 0 Å². The van der Waals surface area contributed by atoms with Crippen molar-refractivity contribution in [1.29, 1.82) is 0 Å². The molecule has 0 aromatic heterocycles. The van der Waals surface area contributed by atoms with E-state index in [4.69, 9.17) is 18.0 Å². The lowest BCUT2D eigenvalue weighted by atomic mass is 10.3. The van der Waals surface area contributed by atoms with E-state index >= 15 is 0 Å². The summed E-state index contributed by atoms with van der Waals surface area (Å²) in [6.45, 7) is 0. The van der Waals surface area contributed by atoms with E-state index in [2.05, 4.69) is 43.8 Å². The Hall–Kier alpha value is 0.120. The van der Waals surface area contributed by atoms with Crippen molar-refractivity contribution < 1.29 is 0 Å². The van der Waals surface area contributed by atoms with E-state index in [0.717, 1.165) is 13.7 Å². The zero-order valence-corrected chi connectivity index (χ0v) is 10.5. The Morgan fingerprint density at radius 3 is 2.75 bits per heavy atom. The average Bonchev–Trinajstić information content (AvgIpc) is 1.94. The third kappa shape index (κ3) is 2.87. The molecule has 2 nitrogen and oxygen atoms in total. The van der Waals surface area contributed by atoms with Crippen molar-refractivity contribution in [3.8, 4) is 0 Å². The maximum atomic E-state index is 5.33. The number of nitrogens with one attached hydrogen (secondary N) is 1. The molecule has 3 N–H and O–H groups in total. The number of rotatable bonds is 1. The Kier molecular flexibility index (Phi) is 3.73. The van der Waals surface area contributed by atoms with E-state index in [0.29, 0.717) is 0 Å². The molecule has 5 heteroatoms. The van der Waals surface area contributed by atoms with Gasteiger partial charge in [-0.2, -0.15) is 0 Å². The van der Waals surface area contributed by atoms with Gasteiger partial charge in [0.15, 0.2) is 5.11 Å². The van der Waals surface area contributed by atoms with Crippen LogP contribution >= 0.6 is 50.7 Å². The molecule has 0 saturated carbocycles. The van der Waals surface area contributed by atoms with Gasteiger partial charge in [0.1, 0.15) is 0 Å². The fraction of sp³-hybridized carbons (Fsp3) is 0. The molecule has 64 valence electrons.